The Bertz CT molecular complexity index is 276. The van der Waals surface area contributed by atoms with Crippen molar-refractivity contribution in [3.8, 4) is 5.75 Å². The zero-order chi connectivity index (χ0) is 10.4. The second-order valence-corrected chi connectivity index (χ2v) is 4.29. The molecule has 78 valence electrons. The van der Waals surface area contributed by atoms with Crippen LogP contribution in [0.15, 0.2) is 24.3 Å². The first-order chi connectivity index (χ1) is 6.72. The Balaban J connectivity index is 2.43. The van der Waals surface area contributed by atoms with Crippen molar-refractivity contribution in [2.24, 2.45) is 0 Å². The van der Waals surface area contributed by atoms with Gasteiger partial charge < -0.3 is 10.2 Å². The zero-order valence-corrected chi connectivity index (χ0v) is 9.13. The Morgan fingerprint density at radius 1 is 1.43 bits per heavy atom. The fourth-order valence-corrected chi connectivity index (χ4v) is 1.82. The molecule has 0 aromatic heterocycles. The third-order valence-corrected chi connectivity index (χ3v) is 2.68. The maximum Gasteiger partial charge on any atom is 0.115 e. The van der Waals surface area contributed by atoms with E-state index in [1.54, 1.807) is 30.0 Å². The lowest BCUT2D eigenvalue weighted by Crippen LogP contribution is -2.11. The number of rotatable bonds is 5. The first kappa shape index (κ1) is 11.4. The number of benzene rings is 1. The molecule has 0 aliphatic rings. The monoisotopic (exact) mass is 212 g/mol. The molecule has 0 fully saturated rings. The van der Waals surface area contributed by atoms with Crippen molar-refractivity contribution in [3.05, 3.63) is 29.8 Å². The van der Waals surface area contributed by atoms with Crippen LogP contribution in [0.4, 0.5) is 0 Å². The minimum atomic E-state index is -0.302. The van der Waals surface area contributed by atoms with Crippen LogP contribution in [0.2, 0.25) is 0 Å². The molecule has 0 radical (unpaired) electrons. The molecule has 1 aromatic carbocycles. The van der Waals surface area contributed by atoms with Gasteiger partial charge in [0.1, 0.15) is 5.75 Å². The van der Waals surface area contributed by atoms with E-state index in [1.807, 2.05) is 12.3 Å². The Labute approximate surface area is 89.0 Å². The highest BCUT2D eigenvalue weighted by atomic mass is 32.2. The number of hydrogen-bond acceptors (Lipinski definition) is 3. The lowest BCUT2D eigenvalue weighted by Gasteiger charge is -2.09. The molecule has 0 aliphatic heterocycles. The van der Waals surface area contributed by atoms with E-state index in [0.717, 1.165) is 17.7 Å². The minimum absolute atomic E-state index is 0.263. The first-order valence-corrected chi connectivity index (χ1v) is 6.06. The highest BCUT2D eigenvalue weighted by Crippen LogP contribution is 2.14. The summed E-state index contributed by atoms with van der Waals surface area (Å²) in [7, 11) is 0. The van der Waals surface area contributed by atoms with Crippen LogP contribution in [0, 0.1) is 0 Å². The van der Waals surface area contributed by atoms with Gasteiger partial charge in [-0.3, -0.25) is 0 Å². The number of hydrogen-bond donors (Lipinski definition) is 2. The van der Waals surface area contributed by atoms with Gasteiger partial charge in [0.2, 0.25) is 0 Å². The van der Waals surface area contributed by atoms with Crippen LogP contribution < -0.4 is 0 Å². The molecule has 3 heteroatoms. The van der Waals surface area contributed by atoms with E-state index in [4.69, 9.17) is 0 Å². The lowest BCUT2D eigenvalue weighted by molar-refractivity contribution is 0.172. The molecular formula is C11H16O2S. The van der Waals surface area contributed by atoms with Gasteiger partial charge in [-0.2, -0.15) is 11.8 Å². The predicted octanol–water partition coefficient (Wildman–Crippen LogP) is 2.05. The van der Waals surface area contributed by atoms with Crippen LogP contribution in [-0.4, -0.2) is 28.3 Å². The van der Waals surface area contributed by atoms with Gasteiger partial charge in [0.25, 0.3) is 0 Å². The van der Waals surface area contributed by atoms with Gasteiger partial charge in [-0.05, 0) is 42.5 Å². The zero-order valence-electron chi connectivity index (χ0n) is 8.31. The van der Waals surface area contributed by atoms with Gasteiger partial charge in [-0.1, -0.05) is 12.1 Å². The van der Waals surface area contributed by atoms with Gasteiger partial charge in [0, 0.05) is 0 Å². The molecule has 0 bridgehead atoms. The summed E-state index contributed by atoms with van der Waals surface area (Å²) in [4.78, 5) is 0. The second kappa shape index (κ2) is 5.94. The average Bonchev–Trinajstić information content (AvgIpc) is 2.15. The van der Waals surface area contributed by atoms with Crippen LogP contribution in [-0.2, 0) is 6.42 Å². The quantitative estimate of drug-likeness (QED) is 0.784. The largest absolute Gasteiger partial charge is 0.508 e. The molecule has 0 amide bonds. The van der Waals surface area contributed by atoms with Crippen molar-refractivity contribution in [1.29, 1.82) is 0 Å². The van der Waals surface area contributed by atoms with Gasteiger partial charge in [0.15, 0.2) is 0 Å². The summed E-state index contributed by atoms with van der Waals surface area (Å²) in [6.07, 6.45) is 3.15. The SMILES string of the molecule is CSCCC(O)Cc1cccc(O)c1. The molecule has 0 saturated carbocycles. The van der Waals surface area contributed by atoms with E-state index >= 15 is 0 Å². The molecule has 0 heterocycles. The van der Waals surface area contributed by atoms with Crippen molar-refractivity contribution >= 4 is 11.8 Å². The van der Waals surface area contributed by atoms with E-state index in [1.165, 1.54) is 0 Å². The maximum atomic E-state index is 9.63. The summed E-state index contributed by atoms with van der Waals surface area (Å²) < 4.78 is 0. The maximum absolute atomic E-state index is 9.63. The van der Waals surface area contributed by atoms with Crippen molar-refractivity contribution in [2.75, 3.05) is 12.0 Å². The predicted molar refractivity (Wildman–Crippen MR) is 60.8 cm³/mol. The van der Waals surface area contributed by atoms with Gasteiger partial charge in [-0.15, -0.1) is 0 Å². The highest BCUT2D eigenvalue weighted by molar-refractivity contribution is 7.98. The number of phenols is 1. The Morgan fingerprint density at radius 3 is 2.86 bits per heavy atom. The number of aliphatic hydroxyl groups is 1. The molecule has 0 aliphatic carbocycles. The standard InChI is InChI=1S/C11H16O2S/c1-14-6-5-11(13)8-9-3-2-4-10(12)7-9/h2-4,7,11-13H,5-6,8H2,1H3. The Morgan fingerprint density at radius 2 is 2.21 bits per heavy atom. The van der Waals surface area contributed by atoms with E-state index in [9.17, 15) is 10.2 Å². The molecule has 2 nitrogen and oxygen atoms in total. The highest BCUT2D eigenvalue weighted by Gasteiger charge is 2.05. The number of aliphatic hydroxyl groups excluding tert-OH is 1. The van der Waals surface area contributed by atoms with E-state index in [-0.39, 0.29) is 11.9 Å². The third kappa shape index (κ3) is 4.03. The topological polar surface area (TPSA) is 40.5 Å². The summed E-state index contributed by atoms with van der Waals surface area (Å²) >= 11 is 1.73. The molecule has 1 rings (SSSR count). The molecule has 1 unspecified atom stereocenters. The summed E-state index contributed by atoms with van der Waals surface area (Å²) in [5.41, 5.74) is 0.985. The smallest absolute Gasteiger partial charge is 0.115 e. The molecule has 2 N–H and O–H groups in total. The van der Waals surface area contributed by atoms with E-state index in [0.29, 0.717) is 6.42 Å². The molecular weight excluding hydrogens is 196 g/mol. The fourth-order valence-electron chi connectivity index (χ4n) is 1.31. The summed E-state index contributed by atoms with van der Waals surface area (Å²) in [6.45, 7) is 0. The van der Waals surface area contributed by atoms with Gasteiger partial charge in [-0.25, -0.2) is 0 Å². The number of aromatic hydroxyl groups is 1. The molecule has 1 aromatic rings. The second-order valence-electron chi connectivity index (χ2n) is 3.31. The average molecular weight is 212 g/mol. The molecule has 14 heavy (non-hydrogen) atoms. The van der Waals surface area contributed by atoms with Crippen LogP contribution in [0.1, 0.15) is 12.0 Å². The lowest BCUT2D eigenvalue weighted by atomic mass is 10.1. The van der Waals surface area contributed by atoms with Gasteiger partial charge >= 0.3 is 0 Å². The van der Waals surface area contributed by atoms with Crippen molar-refractivity contribution in [2.45, 2.75) is 18.9 Å². The minimum Gasteiger partial charge on any atom is -0.508 e. The molecule has 1 atom stereocenters. The third-order valence-electron chi connectivity index (χ3n) is 2.04. The van der Waals surface area contributed by atoms with E-state index in [2.05, 4.69) is 0 Å². The Hall–Kier alpha value is -0.670. The normalized spacial score (nSPS) is 12.7. The number of thioether (sulfide) groups is 1. The van der Waals surface area contributed by atoms with Crippen LogP contribution in [0.3, 0.4) is 0 Å². The summed E-state index contributed by atoms with van der Waals surface area (Å²) in [6, 6.07) is 7.05. The van der Waals surface area contributed by atoms with Crippen LogP contribution in [0.25, 0.3) is 0 Å². The molecule has 0 saturated heterocycles. The van der Waals surface area contributed by atoms with Crippen molar-refractivity contribution in [3.63, 3.8) is 0 Å². The van der Waals surface area contributed by atoms with E-state index < -0.39 is 0 Å². The number of phenolic OH excluding ortho intramolecular Hbond substituents is 1. The summed E-state index contributed by atoms with van der Waals surface area (Å²) in [5, 5.41) is 18.8. The van der Waals surface area contributed by atoms with Crippen LogP contribution >= 0.6 is 11.8 Å². The van der Waals surface area contributed by atoms with Gasteiger partial charge in [0.05, 0.1) is 6.10 Å². The van der Waals surface area contributed by atoms with Crippen molar-refractivity contribution in [1.82, 2.24) is 0 Å². The summed E-state index contributed by atoms with van der Waals surface area (Å²) in [5.74, 6) is 1.24. The molecule has 0 spiro atoms. The Kier molecular flexibility index (Phi) is 4.84. The fraction of sp³-hybridized carbons (Fsp3) is 0.455. The van der Waals surface area contributed by atoms with Crippen molar-refractivity contribution < 1.29 is 10.2 Å². The van der Waals surface area contributed by atoms with Crippen LogP contribution in [0.5, 0.6) is 5.75 Å². The first-order valence-electron chi connectivity index (χ1n) is 4.67.